The minimum Gasteiger partial charge on any atom is -0.506 e. The molecule has 0 radical (unpaired) electrons. The quantitative estimate of drug-likeness (QED) is 0.525. The molecule has 66 valence electrons. The van der Waals surface area contributed by atoms with Gasteiger partial charge in [-0.05, 0) is 12.1 Å². The van der Waals surface area contributed by atoms with Crippen molar-refractivity contribution >= 4 is 11.8 Å². The van der Waals surface area contributed by atoms with E-state index in [2.05, 4.69) is 4.98 Å². The van der Waals surface area contributed by atoms with E-state index in [9.17, 15) is 0 Å². The van der Waals surface area contributed by atoms with Gasteiger partial charge in [0, 0.05) is 6.92 Å². The summed E-state index contributed by atoms with van der Waals surface area (Å²) in [6.07, 6.45) is 1.30. The number of pyridine rings is 1. The maximum absolute atomic E-state index is 9.00. The van der Waals surface area contributed by atoms with Gasteiger partial charge >= 0.3 is 0 Å². The van der Waals surface area contributed by atoms with Gasteiger partial charge in [0.05, 0.1) is 6.20 Å². The smallest absolute Gasteiger partial charge is 0.300 e. The highest BCUT2D eigenvalue weighted by molar-refractivity contribution is 5.62. The standard InChI is InChI=1S/C5H6N2O.C2H4O2/c6-5-2-1-4(8)3-7-5;1-2(3)4/h1-3,8H,(H2,6,7);1H3,(H,3,4). The molecule has 5 nitrogen and oxygen atoms in total. The SMILES string of the molecule is CC(=O)O.Nc1ccc(O)cn1. The Balaban J connectivity index is 0.000000261. The molecule has 0 aliphatic rings. The summed E-state index contributed by atoms with van der Waals surface area (Å²) in [5, 5.41) is 16.1. The molecule has 0 bridgehead atoms. The van der Waals surface area contributed by atoms with Crippen molar-refractivity contribution in [1.29, 1.82) is 0 Å². The Morgan fingerprint density at radius 3 is 2.33 bits per heavy atom. The molecule has 0 unspecified atom stereocenters. The molecule has 0 aliphatic carbocycles. The molecule has 1 rings (SSSR count). The fraction of sp³-hybridized carbons (Fsp3) is 0.143. The maximum atomic E-state index is 9.00. The zero-order valence-corrected chi connectivity index (χ0v) is 6.56. The van der Waals surface area contributed by atoms with Crippen molar-refractivity contribution in [3.05, 3.63) is 18.3 Å². The Morgan fingerprint density at radius 2 is 2.08 bits per heavy atom. The van der Waals surface area contributed by atoms with Crippen LogP contribution in [0.25, 0.3) is 0 Å². The van der Waals surface area contributed by atoms with Crippen LogP contribution in [-0.4, -0.2) is 21.2 Å². The van der Waals surface area contributed by atoms with E-state index in [0.717, 1.165) is 6.92 Å². The fourth-order valence-corrected chi connectivity index (χ4v) is 0.397. The molecule has 1 aromatic heterocycles. The van der Waals surface area contributed by atoms with E-state index in [0.29, 0.717) is 5.82 Å². The maximum Gasteiger partial charge on any atom is 0.300 e. The van der Waals surface area contributed by atoms with Crippen molar-refractivity contribution in [2.24, 2.45) is 0 Å². The molecule has 0 amide bonds. The largest absolute Gasteiger partial charge is 0.506 e. The lowest BCUT2D eigenvalue weighted by atomic mass is 10.4. The Bertz CT molecular complexity index is 220. The highest BCUT2D eigenvalue weighted by Gasteiger charge is 1.83. The summed E-state index contributed by atoms with van der Waals surface area (Å²) in [6, 6.07) is 3.03. The van der Waals surface area contributed by atoms with Gasteiger partial charge < -0.3 is 15.9 Å². The zero-order valence-electron chi connectivity index (χ0n) is 6.56. The second-order valence-corrected chi connectivity index (χ2v) is 1.96. The van der Waals surface area contributed by atoms with Crippen LogP contribution in [-0.2, 0) is 4.79 Å². The second kappa shape index (κ2) is 4.95. The molecule has 4 N–H and O–H groups in total. The van der Waals surface area contributed by atoms with E-state index in [4.69, 9.17) is 20.7 Å². The van der Waals surface area contributed by atoms with Crippen molar-refractivity contribution in [1.82, 2.24) is 4.98 Å². The van der Waals surface area contributed by atoms with E-state index >= 15 is 0 Å². The highest BCUT2D eigenvalue weighted by atomic mass is 16.4. The first-order valence-corrected chi connectivity index (χ1v) is 3.12. The summed E-state index contributed by atoms with van der Waals surface area (Å²) in [6.45, 7) is 1.08. The summed E-state index contributed by atoms with van der Waals surface area (Å²) < 4.78 is 0. The zero-order chi connectivity index (χ0) is 9.56. The third-order valence-electron chi connectivity index (χ3n) is 0.771. The third kappa shape index (κ3) is 6.34. The average Bonchev–Trinajstić information content (AvgIpc) is 1.94. The topological polar surface area (TPSA) is 96.4 Å². The molecule has 0 saturated heterocycles. The first-order chi connectivity index (χ1) is 5.52. The minimum atomic E-state index is -0.833. The Morgan fingerprint density at radius 1 is 1.58 bits per heavy atom. The Kier molecular flexibility index (Phi) is 4.21. The molecule has 0 saturated carbocycles. The molecular formula is C7H10N2O3. The molecule has 12 heavy (non-hydrogen) atoms. The molecule has 0 fully saturated rings. The predicted octanol–water partition coefficient (Wildman–Crippen LogP) is 0.460. The van der Waals surface area contributed by atoms with Gasteiger partial charge in [-0.1, -0.05) is 0 Å². The van der Waals surface area contributed by atoms with Gasteiger partial charge in [-0.3, -0.25) is 4.79 Å². The van der Waals surface area contributed by atoms with Gasteiger partial charge in [0.15, 0.2) is 0 Å². The van der Waals surface area contributed by atoms with Crippen LogP contribution >= 0.6 is 0 Å². The number of aromatic nitrogens is 1. The highest BCUT2D eigenvalue weighted by Crippen LogP contribution is 2.05. The number of carboxylic acids is 1. The first kappa shape index (κ1) is 10.2. The lowest BCUT2D eigenvalue weighted by Crippen LogP contribution is -1.85. The van der Waals surface area contributed by atoms with Crippen molar-refractivity contribution in [3.8, 4) is 5.75 Å². The van der Waals surface area contributed by atoms with E-state index in [1.807, 2.05) is 0 Å². The lowest BCUT2D eigenvalue weighted by Gasteiger charge is -1.88. The van der Waals surface area contributed by atoms with E-state index in [1.165, 1.54) is 18.3 Å². The van der Waals surface area contributed by atoms with Crippen LogP contribution in [0.4, 0.5) is 5.82 Å². The predicted molar refractivity (Wildman–Crippen MR) is 43.6 cm³/mol. The molecule has 0 atom stereocenters. The van der Waals surface area contributed by atoms with Gasteiger partial charge in [-0.25, -0.2) is 4.98 Å². The number of aromatic hydroxyl groups is 1. The number of rotatable bonds is 0. The molecular weight excluding hydrogens is 160 g/mol. The van der Waals surface area contributed by atoms with Crippen molar-refractivity contribution in [2.45, 2.75) is 6.92 Å². The van der Waals surface area contributed by atoms with Gasteiger partial charge in [-0.2, -0.15) is 0 Å². The summed E-state index contributed by atoms with van der Waals surface area (Å²) in [5.41, 5.74) is 5.20. The third-order valence-corrected chi connectivity index (χ3v) is 0.771. The van der Waals surface area contributed by atoms with E-state index < -0.39 is 5.97 Å². The molecule has 0 aromatic carbocycles. The number of aliphatic carboxylic acids is 1. The average molecular weight is 170 g/mol. The number of anilines is 1. The summed E-state index contributed by atoms with van der Waals surface area (Å²) >= 11 is 0. The normalized spacial score (nSPS) is 8.08. The number of nitrogens with zero attached hydrogens (tertiary/aromatic N) is 1. The molecule has 1 aromatic rings. The van der Waals surface area contributed by atoms with Crippen LogP contribution in [0.2, 0.25) is 0 Å². The molecule has 0 aliphatic heterocycles. The summed E-state index contributed by atoms with van der Waals surface area (Å²) in [4.78, 5) is 12.6. The van der Waals surface area contributed by atoms with E-state index in [1.54, 1.807) is 0 Å². The minimum absolute atomic E-state index is 0.138. The van der Waals surface area contributed by atoms with Gasteiger partial charge in [0.2, 0.25) is 0 Å². The number of nitrogens with two attached hydrogens (primary N) is 1. The van der Waals surface area contributed by atoms with Crippen molar-refractivity contribution in [2.75, 3.05) is 5.73 Å². The Labute approximate surface area is 69.5 Å². The number of nitrogen functional groups attached to an aromatic ring is 1. The van der Waals surface area contributed by atoms with Crippen molar-refractivity contribution in [3.63, 3.8) is 0 Å². The lowest BCUT2D eigenvalue weighted by molar-refractivity contribution is -0.134. The number of carbonyl (C=O) groups is 1. The van der Waals surface area contributed by atoms with Crippen LogP contribution in [0.1, 0.15) is 6.92 Å². The van der Waals surface area contributed by atoms with E-state index in [-0.39, 0.29) is 5.75 Å². The number of carboxylic acid groups (broad SMARTS) is 1. The molecule has 5 heteroatoms. The molecule has 1 heterocycles. The van der Waals surface area contributed by atoms with Gasteiger partial charge in [0.25, 0.3) is 5.97 Å². The van der Waals surface area contributed by atoms with Crippen LogP contribution < -0.4 is 5.73 Å². The van der Waals surface area contributed by atoms with Gasteiger partial charge in [0.1, 0.15) is 11.6 Å². The number of hydrogen-bond acceptors (Lipinski definition) is 4. The van der Waals surface area contributed by atoms with Crippen molar-refractivity contribution < 1.29 is 15.0 Å². The molecule has 0 spiro atoms. The first-order valence-electron chi connectivity index (χ1n) is 3.12. The monoisotopic (exact) mass is 170 g/mol. The summed E-state index contributed by atoms with van der Waals surface area (Å²) in [7, 11) is 0. The second-order valence-electron chi connectivity index (χ2n) is 1.96. The number of hydrogen-bond donors (Lipinski definition) is 3. The van der Waals surface area contributed by atoms with Crippen LogP contribution in [0.3, 0.4) is 0 Å². The van der Waals surface area contributed by atoms with Crippen LogP contribution in [0.5, 0.6) is 5.75 Å². The Hall–Kier alpha value is -1.78. The fourth-order valence-electron chi connectivity index (χ4n) is 0.397. The van der Waals surface area contributed by atoms with Crippen LogP contribution in [0, 0.1) is 0 Å². The summed E-state index contributed by atoms with van der Waals surface area (Å²) in [5.74, 6) is -0.276. The van der Waals surface area contributed by atoms with Crippen LogP contribution in [0.15, 0.2) is 18.3 Å². The van der Waals surface area contributed by atoms with Gasteiger partial charge in [-0.15, -0.1) is 0 Å².